The summed E-state index contributed by atoms with van der Waals surface area (Å²) >= 11 is 0. The van der Waals surface area contributed by atoms with Gasteiger partial charge in [0.2, 0.25) is 5.91 Å². The summed E-state index contributed by atoms with van der Waals surface area (Å²) < 4.78 is 15.1. The van der Waals surface area contributed by atoms with Crippen molar-refractivity contribution in [1.29, 1.82) is 0 Å². The molecule has 0 saturated carbocycles. The molecule has 12 heteroatoms. The van der Waals surface area contributed by atoms with Gasteiger partial charge in [-0.3, -0.25) is 14.5 Å². The number of piperazine rings is 1. The van der Waals surface area contributed by atoms with Crippen LogP contribution >= 0.6 is 0 Å². The number of anilines is 1. The quantitative estimate of drug-likeness (QED) is 0.266. The largest absolute Gasteiger partial charge is 0.396 e. The molecule has 1 aliphatic rings. The molecule has 1 amide bonds. The third kappa shape index (κ3) is 5.72. The molecular formula is C27H33N7O4S. The summed E-state index contributed by atoms with van der Waals surface area (Å²) in [5.74, 6) is -0.00497. The van der Waals surface area contributed by atoms with Crippen LogP contribution in [0.15, 0.2) is 51.1 Å². The fourth-order valence-electron chi connectivity index (χ4n) is 4.92. The van der Waals surface area contributed by atoms with E-state index in [-0.39, 0.29) is 23.2 Å². The van der Waals surface area contributed by atoms with Gasteiger partial charge in [0.1, 0.15) is 10.8 Å². The second-order valence-electron chi connectivity index (χ2n) is 9.88. The van der Waals surface area contributed by atoms with Crippen molar-refractivity contribution in [2.75, 3.05) is 50.8 Å². The van der Waals surface area contributed by atoms with Gasteiger partial charge in [0.25, 0.3) is 5.56 Å². The SMILES string of the molecule is Cc1ccc(S(=O)c2n[nH]n3c2nc(=O)c2ccc(N4CCN(CC(=O)NCCCCO)CC4)cc23)c(C)c1. The fraction of sp³-hybridized carbons (Fsp3) is 0.407. The summed E-state index contributed by atoms with van der Waals surface area (Å²) in [6.45, 7) is 7.88. The molecule has 206 valence electrons. The number of aliphatic hydroxyl groups is 1. The van der Waals surface area contributed by atoms with Gasteiger partial charge in [-0.05, 0) is 56.5 Å². The lowest BCUT2D eigenvalue weighted by Gasteiger charge is -2.35. The molecule has 2 aromatic carbocycles. The number of amides is 1. The van der Waals surface area contributed by atoms with Gasteiger partial charge in [-0.2, -0.15) is 4.98 Å². The Morgan fingerprint density at radius 2 is 1.90 bits per heavy atom. The summed E-state index contributed by atoms with van der Waals surface area (Å²) in [6.07, 6.45) is 1.45. The Balaban J connectivity index is 1.35. The van der Waals surface area contributed by atoms with Crippen LogP contribution in [0, 0.1) is 13.8 Å². The lowest BCUT2D eigenvalue weighted by molar-refractivity contribution is -0.122. The Hall–Kier alpha value is -3.61. The molecule has 2 aromatic heterocycles. The van der Waals surface area contributed by atoms with Gasteiger partial charge in [-0.15, -0.1) is 5.10 Å². The molecule has 39 heavy (non-hydrogen) atoms. The zero-order valence-corrected chi connectivity index (χ0v) is 23.0. The zero-order chi connectivity index (χ0) is 27.5. The minimum Gasteiger partial charge on any atom is -0.396 e. The molecule has 3 heterocycles. The number of rotatable bonds is 9. The van der Waals surface area contributed by atoms with Crippen LogP contribution in [0.3, 0.4) is 0 Å². The average Bonchev–Trinajstić information content (AvgIpc) is 3.35. The average molecular weight is 552 g/mol. The maximum atomic E-state index is 13.4. The number of carbonyl (C=O) groups is 1. The Labute approximate surface area is 228 Å². The Morgan fingerprint density at radius 1 is 1.10 bits per heavy atom. The van der Waals surface area contributed by atoms with E-state index in [1.165, 1.54) is 0 Å². The van der Waals surface area contributed by atoms with E-state index in [1.54, 1.807) is 10.6 Å². The van der Waals surface area contributed by atoms with E-state index in [1.807, 2.05) is 44.2 Å². The molecule has 4 aromatic rings. The summed E-state index contributed by atoms with van der Waals surface area (Å²) in [6, 6.07) is 11.3. The fourth-order valence-corrected chi connectivity index (χ4v) is 6.09. The molecule has 0 bridgehead atoms. The van der Waals surface area contributed by atoms with Crippen molar-refractivity contribution in [2.24, 2.45) is 0 Å². The molecule has 1 saturated heterocycles. The van der Waals surface area contributed by atoms with Crippen molar-refractivity contribution in [3.05, 3.63) is 57.9 Å². The van der Waals surface area contributed by atoms with Crippen molar-refractivity contribution >= 4 is 38.9 Å². The standard InChI is InChI=1S/C27H33N7O4S/c1-18-5-8-23(19(2)15-18)39(38)27-25-29-26(37)21-7-6-20(16-22(21)34(25)31-30-27)33-12-10-32(11-13-33)17-24(36)28-9-3-4-14-35/h5-8,15-16,31,35H,3-4,9-14,17H2,1-2H3,(H,28,36). The number of unbranched alkanes of at least 4 members (excludes halogenated alkanes) is 1. The van der Waals surface area contributed by atoms with Gasteiger partial charge >= 0.3 is 0 Å². The van der Waals surface area contributed by atoms with E-state index >= 15 is 0 Å². The number of carbonyl (C=O) groups excluding carboxylic acids is 1. The van der Waals surface area contributed by atoms with Crippen LogP contribution in [0.1, 0.15) is 24.0 Å². The predicted molar refractivity (Wildman–Crippen MR) is 150 cm³/mol. The number of benzene rings is 2. The second kappa shape index (κ2) is 11.6. The first kappa shape index (κ1) is 27.0. The number of H-pyrrole nitrogens is 1. The Kier molecular flexibility index (Phi) is 8.05. The number of aliphatic hydroxyl groups excluding tert-OH is 1. The molecule has 1 aliphatic heterocycles. The number of hydrogen-bond donors (Lipinski definition) is 3. The number of aryl methyl sites for hydroxylation is 2. The van der Waals surface area contributed by atoms with Crippen LogP contribution in [0.2, 0.25) is 0 Å². The van der Waals surface area contributed by atoms with Gasteiger partial charge in [-0.25, -0.2) is 13.9 Å². The molecule has 3 N–H and O–H groups in total. The van der Waals surface area contributed by atoms with Crippen molar-refractivity contribution in [2.45, 2.75) is 36.6 Å². The second-order valence-corrected chi connectivity index (χ2v) is 11.2. The van der Waals surface area contributed by atoms with Gasteiger partial charge in [0.15, 0.2) is 10.7 Å². The summed E-state index contributed by atoms with van der Waals surface area (Å²) in [5.41, 5.74) is 3.37. The van der Waals surface area contributed by atoms with Gasteiger partial charge in [-0.1, -0.05) is 17.7 Å². The number of nitrogens with one attached hydrogen (secondary N) is 2. The molecule has 0 aliphatic carbocycles. The molecule has 1 fully saturated rings. The number of hydrogen-bond acceptors (Lipinski definition) is 8. The number of fused-ring (bicyclic) bond motifs is 3. The van der Waals surface area contributed by atoms with E-state index < -0.39 is 16.4 Å². The lowest BCUT2D eigenvalue weighted by Crippen LogP contribution is -2.49. The highest BCUT2D eigenvalue weighted by atomic mass is 32.2. The molecule has 11 nitrogen and oxygen atoms in total. The molecule has 1 atom stereocenters. The van der Waals surface area contributed by atoms with Crippen LogP contribution < -0.4 is 15.8 Å². The molecule has 0 radical (unpaired) electrons. The topological polar surface area (TPSA) is 136 Å². The van der Waals surface area contributed by atoms with E-state index in [4.69, 9.17) is 5.11 Å². The minimum atomic E-state index is -1.61. The highest BCUT2D eigenvalue weighted by Crippen LogP contribution is 2.25. The highest BCUT2D eigenvalue weighted by Gasteiger charge is 2.22. The first-order valence-electron chi connectivity index (χ1n) is 13.1. The van der Waals surface area contributed by atoms with E-state index in [2.05, 4.69) is 30.4 Å². The lowest BCUT2D eigenvalue weighted by atomic mass is 10.2. The number of aromatic amines is 1. The molecule has 1 unspecified atom stereocenters. The summed E-state index contributed by atoms with van der Waals surface area (Å²) in [7, 11) is -1.61. The first-order chi connectivity index (χ1) is 18.9. The van der Waals surface area contributed by atoms with Gasteiger partial charge < -0.3 is 15.3 Å². The molecule has 0 spiro atoms. The predicted octanol–water partition coefficient (Wildman–Crippen LogP) is 1.37. The van der Waals surface area contributed by atoms with Gasteiger partial charge in [0.05, 0.1) is 17.4 Å². The third-order valence-corrected chi connectivity index (χ3v) is 8.51. The molecule has 5 rings (SSSR count). The van der Waals surface area contributed by atoms with Crippen molar-refractivity contribution in [1.82, 2.24) is 30.0 Å². The first-order valence-corrected chi connectivity index (χ1v) is 14.3. The number of nitrogens with zero attached hydrogens (tertiary/aromatic N) is 5. The normalized spacial score (nSPS) is 15.2. The number of aromatic nitrogens is 4. The minimum absolute atomic E-state index is 0.00497. The maximum absolute atomic E-state index is 13.4. The van der Waals surface area contributed by atoms with Crippen LogP contribution in [0.25, 0.3) is 16.6 Å². The Morgan fingerprint density at radius 3 is 2.64 bits per heavy atom. The smallest absolute Gasteiger partial charge is 0.281 e. The van der Waals surface area contributed by atoms with Crippen LogP contribution in [0.5, 0.6) is 0 Å². The van der Waals surface area contributed by atoms with E-state index in [9.17, 15) is 13.8 Å². The van der Waals surface area contributed by atoms with Crippen molar-refractivity contribution in [3.8, 4) is 0 Å². The van der Waals surface area contributed by atoms with Crippen LogP contribution in [0.4, 0.5) is 5.69 Å². The van der Waals surface area contributed by atoms with Crippen molar-refractivity contribution in [3.63, 3.8) is 0 Å². The van der Waals surface area contributed by atoms with Crippen LogP contribution in [-0.4, -0.2) is 85.8 Å². The van der Waals surface area contributed by atoms with Crippen LogP contribution in [-0.2, 0) is 15.6 Å². The third-order valence-electron chi connectivity index (χ3n) is 7.03. The maximum Gasteiger partial charge on any atom is 0.281 e. The van der Waals surface area contributed by atoms with E-state index in [0.717, 1.165) is 49.4 Å². The Bertz CT molecular complexity index is 1590. The highest BCUT2D eigenvalue weighted by molar-refractivity contribution is 7.85. The summed E-state index contributed by atoms with van der Waals surface area (Å²) in [4.78, 5) is 34.3. The molecular weight excluding hydrogens is 518 g/mol. The van der Waals surface area contributed by atoms with Gasteiger partial charge in [0, 0.05) is 49.9 Å². The monoisotopic (exact) mass is 551 g/mol. The zero-order valence-electron chi connectivity index (χ0n) is 22.1. The van der Waals surface area contributed by atoms with Crippen molar-refractivity contribution < 1.29 is 14.1 Å². The van der Waals surface area contributed by atoms with E-state index in [0.29, 0.717) is 35.3 Å². The summed E-state index contributed by atoms with van der Waals surface area (Å²) in [5, 5.41) is 19.6.